The summed E-state index contributed by atoms with van der Waals surface area (Å²) in [4.78, 5) is 4.18. The molecule has 0 fully saturated rings. The maximum atomic E-state index is 12.4. The van der Waals surface area contributed by atoms with Crippen LogP contribution in [0.3, 0.4) is 0 Å². The van der Waals surface area contributed by atoms with E-state index in [1.807, 2.05) is 6.92 Å². The van der Waals surface area contributed by atoms with Gasteiger partial charge in [0.2, 0.25) is 10.0 Å². The average molecular weight is 309 g/mol. The summed E-state index contributed by atoms with van der Waals surface area (Å²) in [7, 11) is -3.75. The number of fused-ring (bicyclic) bond motifs is 1. The number of hydrogen-bond acceptors (Lipinski definition) is 5. The van der Waals surface area contributed by atoms with E-state index in [4.69, 9.17) is 5.73 Å². The lowest BCUT2D eigenvalue weighted by atomic mass is 10.2. The molecule has 1 aromatic carbocycles. The topological polar surface area (TPSA) is 105 Å². The van der Waals surface area contributed by atoms with Crippen LogP contribution in [0.1, 0.15) is 19.8 Å². The van der Waals surface area contributed by atoms with Gasteiger partial charge in [0.1, 0.15) is 4.90 Å². The van der Waals surface area contributed by atoms with Gasteiger partial charge in [-0.2, -0.15) is 0 Å². The van der Waals surface area contributed by atoms with Crippen LogP contribution < -0.4 is 10.5 Å². The van der Waals surface area contributed by atoms with Crippen molar-refractivity contribution in [1.29, 1.82) is 0 Å². The van der Waals surface area contributed by atoms with Gasteiger partial charge in [-0.15, -0.1) is 0 Å². The fourth-order valence-electron chi connectivity index (χ4n) is 2.10. The third kappa shape index (κ3) is 3.49. The molecule has 1 atom stereocenters. The molecule has 0 radical (unpaired) electrons. The number of nitrogens with two attached hydrogens (primary N) is 1. The molecule has 1 heterocycles. The summed E-state index contributed by atoms with van der Waals surface area (Å²) in [5, 5.41) is 10.2. The zero-order chi connectivity index (χ0) is 15.5. The first-order valence-electron chi connectivity index (χ1n) is 6.76. The Balaban J connectivity index is 2.35. The Kier molecular flexibility index (Phi) is 4.76. The summed E-state index contributed by atoms with van der Waals surface area (Å²) < 4.78 is 27.1. The number of benzene rings is 1. The van der Waals surface area contributed by atoms with Crippen molar-refractivity contribution in [2.45, 2.75) is 30.8 Å². The van der Waals surface area contributed by atoms with Crippen molar-refractivity contribution in [3.05, 3.63) is 30.5 Å². The van der Waals surface area contributed by atoms with E-state index < -0.39 is 16.1 Å². The molecular weight excluding hydrogens is 290 g/mol. The molecule has 0 saturated heterocycles. The Morgan fingerprint density at radius 1 is 1.38 bits per heavy atom. The number of nitrogens with one attached hydrogen (secondary N) is 1. The molecule has 1 unspecified atom stereocenters. The Bertz CT molecular complexity index is 731. The molecule has 7 heteroatoms. The van der Waals surface area contributed by atoms with E-state index >= 15 is 0 Å². The number of pyridine rings is 1. The summed E-state index contributed by atoms with van der Waals surface area (Å²) in [6.07, 6.45) is 2.16. The monoisotopic (exact) mass is 309 g/mol. The van der Waals surface area contributed by atoms with E-state index in [-0.39, 0.29) is 11.4 Å². The predicted octanol–water partition coefficient (Wildman–Crippen LogP) is 1.26. The van der Waals surface area contributed by atoms with Gasteiger partial charge in [-0.05, 0) is 30.7 Å². The first-order valence-corrected chi connectivity index (χ1v) is 8.25. The molecule has 4 N–H and O–H groups in total. The van der Waals surface area contributed by atoms with Gasteiger partial charge in [-0.1, -0.05) is 13.3 Å². The van der Waals surface area contributed by atoms with Crippen molar-refractivity contribution in [3.63, 3.8) is 0 Å². The fourth-order valence-corrected chi connectivity index (χ4v) is 3.34. The van der Waals surface area contributed by atoms with Crippen LogP contribution in [-0.2, 0) is 10.0 Å². The number of anilines is 1. The zero-order valence-electron chi connectivity index (χ0n) is 11.8. The van der Waals surface area contributed by atoms with Crippen LogP contribution in [0.5, 0.6) is 0 Å². The van der Waals surface area contributed by atoms with E-state index in [1.165, 1.54) is 12.3 Å². The SMILES string of the molecule is CCCC(O)CNS(=O)(=O)c1ccc(N)c2cccnc12. The normalized spacial score (nSPS) is 13.4. The predicted molar refractivity (Wildman–Crippen MR) is 82.3 cm³/mol. The van der Waals surface area contributed by atoms with Crippen LogP contribution in [0.25, 0.3) is 10.9 Å². The highest BCUT2D eigenvalue weighted by Gasteiger charge is 2.20. The standard InChI is InChI=1S/C14H19N3O3S/c1-2-4-10(18)9-17-21(19,20)13-7-6-12(15)11-5-3-8-16-14(11)13/h3,5-8,10,17-18H,2,4,9,15H2,1H3. The molecule has 0 saturated carbocycles. The van der Waals surface area contributed by atoms with Crippen molar-refractivity contribution >= 4 is 26.6 Å². The molecule has 0 aliphatic heterocycles. The molecule has 2 aromatic rings. The number of nitrogen functional groups attached to an aromatic ring is 1. The van der Waals surface area contributed by atoms with Gasteiger partial charge in [0, 0.05) is 23.8 Å². The average Bonchev–Trinajstić information content (AvgIpc) is 2.46. The quantitative estimate of drug-likeness (QED) is 0.697. The van der Waals surface area contributed by atoms with E-state index in [0.717, 1.165) is 6.42 Å². The van der Waals surface area contributed by atoms with Crippen LogP contribution in [0, 0.1) is 0 Å². The zero-order valence-corrected chi connectivity index (χ0v) is 12.6. The lowest BCUT2D eigenvalue weighted by Crippen LogP contribution is -2.32. The lowest BCUT2D eigenvalue weighted by Gasteiger charge is -2.13. The Morgan fingerprint density at radius 3 is 2.86 bits per heavy atom. The molecule has 0 bridgehead atoms. The van der Waals surface area contributed by atoms with Crippen molar-refractivity contribution in [2.24, 2.45) is 0 Å². The van der Waals surface area contributed by atoms with Crippen LogP contribution in [0.2, 0.25) is 0 Å². The minimum Gasteiger partial charge on any atom is -0.398 e. The van der Waals surface area contributed by atoms with Crippen LogP contribution in [-0.4, -0.2) is 31.2 Å². The lowest BCUT2D eigenvalue weighted by molar-refractivity contribution is 0.167. The maximum absolute atomic E-state index is 12.4. The van der Waals surface area contributed by atoms with Gasteiger partial charge in [-0.3, -0.25) is 4.98 Å². The second-order valence-corrected chi connectivity index (χ2v) is 6.58. The molecule has 21 heavy (non-hydrogen) atoms. The number of nitrogens with zero attached hydrogens (tertiary/aromatic N) is 1. The van der Waals surface area contributed by atoms with Gasteiger partial charge < -0.3 is 10.8 Å². The van der Waals surface area contributed by atoms with E-state index in [9.17, 15) is 13.5 Å². The first-order chi connectivity index (χ1) is 9.95. The fraction of sp³-hybridized carbons (Fsp3) is 0.357. The minimum atomic E-state index is -3.75. The number of aliphatic hydroxyl groups excluding tert-OH is 1. The molecule has 0 spiro atoms. The van der Waals surface area contributed by atoms with Crippen molar-refractivity contribution in [2.75, 3.05) is 12.3 Å². The third-order valence-electron chi connectivity index (χ3n) is 3.19. The molecule has 2 rings (SSSR count). The molecule has 1 aromatic heterocycles. The van der Waals surface area contributed by atoms with Crippen molar-refractivity contribution < 1.29 is 13.5 Å². The first kappa shape index (κ1) is 15.7. The Morgan fingerprint density at radius 2 is 2.14 bits per heavy atom. The van der Waals surface area contributed by atoms with Crippen LogP contribution >= 0.6 is 0 Å². The number of aromatic nitrogens is 1. The number of sulfonamides is 1. The molecule has 114 valence electrons. The summed E-state index contributed by atoms with van der Waals surface area (Å²) in [5.74, 6) is 0. The highest BCUT2D eigenvalue weighted by Crippen LogP contribution is 2.25. The van der Waals surface area contributed by atoms with Crippen LogP contribution in [0.15, 0.2) is 35.4 Å². The Hall–Kier alpha value is -1.70. The third-order valence-corrected chi connectivity index (χ3v) is 4.64. The maximum Gasteiger partial charge on any atom is 0.242 e. The molecule has 6 nitrogen and oxygen atoms in total. The highest BCUT2D eigenvalue weighted by molar-refractivity contribution is 7.89. The number of hydrogen-bond donors (Lipinski definition) is 3. The summed E-state index contributed by atoms with van der Waals surface area (Å²) in [6, 6.07) is 6.40. The molecule has 0 amide bonds. The minimum absolute atomic E-state index is 0.0190. The van der Waals surface area contributed by atoms with Gasteiger partial charge >= 0.3 is 0 Å². The van der Waals surface area contributed by atoms with Gasteiger partial charge in [-0.25, -0.2) is 13.1 Å². The number of rotatable bonds is 6. The number of aliphatic hydroxyl groups is 1. The Labute approximate surface area is 124 Å². The van der Waals surface area contributed by atoms with Gasteiger partial charge in [0.25, 0.3) is 0 Å². The van der Waals surface area contributed by atoms with Crippen LogP contribution in [0.4, 0.5) is 5.69 Å². The van der Waals surface area contributed by atoms with E-state index in [0.29, 0.717) is 23.0 Å². The summed E-state index contributed by atoms with van der Waals surface area (Å²) >= 11 is 0. The van der Waals surface area contributed by atoms with Gasteiger partial charge in [0.05, 0.1) is 11.6 Å². The molecule has 0 aliphatic carbocycles. The summed E-state index contributed by atoms with van der Waals surface area (Å²) in [5.41, 5.74) is 6.64. The van der Waals surface area contributed by atoms with E-state index in [2.05, 4.69) is 9.71 Å². The smallest absolute Gasteiger partial charge is 0.242 e. The van der Waals surface area contributed by atoms with Crippen molar-refractivity contribution in [1.82, 2.24) is 9.71 Å². The highest BCUT2D eigenvalue weighted by atomic mass is 32.2. The largest absolute Gasteiger partial charge is 0.398 e. The second-order valence-electron chi connectivity index (χ2n) is 4.85. The molecular formula is C14H19N3O3S. The summed E-state index contributed by atoms with van der Waals surface area (Å²) in [6.45, 7) is 1.91. The van der Waals surface area contributed by atoms with Crippen molar-refractivity contribution in [3.8, 4) is 0 Å². The second kappa shape index (κ2) is 6.38. The molecule has 0 aliphatic rings. The van der Waals surface area contributed by atoms with E-state index in [1.54, 1.807) is 18.2 Å². The van der Waals surface area contributed by atoms with Gasteiger partial charge in [0.15, 0.2) is 0 Å².